The van der Waals surface area contributed by atoms with Crippen molar-refractivity contribution in [1.82, 2.24) is 29.6 Å². The average molecular weight is 296 g/mol. The molecule has 0 aliphatic heterocycles. The molecule has 0 saturated carbocycles. The molecule has 1 aromatic carbocycles. The Hall–Kier alpha value is -2.54. The van der Waals surface area contributed by atoms with Crippen LogP contribution in [0.4, 0.5) is 0 Å². The van der Waals surface area contributed by atoms with Crippen LogP contribution in [0.2, 0.25) is 0 Å². The fourth-order valence-corrected chi connectivity index (χ4v) is 3.12. The molecule has 22 heavy (non-hydrogen) atoms. The number of nitrogens with zero attached hydrogens (tertiary/aromatic N) is 6. The van der Waals surface area contributed by atoms with Crippen LogP contribution in [0.25, 0.3) is 27.6 Å². The zero-order chi connectivity index (χ0) is 15.4. The summed E-state index contributed by atoms with van der Waals surface area (Å²) in [6, 6.07) is 4.11. The number of imidazole rings is 1. The first-order chi connectivity index (χ1) is 10.6. The molecule has 7 heteroatoms. The standard InChI is InChI=1S/C15H16N6O/c1-8-4-5-11-12(9(8)2)14-13(15-17-18-19-21(11)15)16-10(3)20(14)6-7-22/h4-5,22H,6-7H2,1-3H3. The third-order valence-electron chi connectivity index (χ3n) is 4.34. The topological polar surface area (TPSA) is 81.1 Å². The van der Waals surface area contributed by atoms with E-state index in [0.29, 0.717) is 12.2 Å². The highest BCUT2D eigenvalue weighted by molar-refractivity contribution is 6.10. The lowest BCUT2D eigenvalue weighted by atomic mass is 10.0. The molecule has 3 heterocycles. The summed E-state index contributed by atoms with van der Waals surface area (Å²) in [6.07, 6.45) is 0. The Morgan fingerprint density at radius 2 is 2.00 bits per heavy atom. The average Bonchev–Trinajstić information content (AvgIpc) is 3.09. The van der Waals surface area contributed by atoms with Crippen molar-refractivity contribution in [1.29, 1.82) is 0 Å². The Morgan fingerprint density at radius 3 is 2.77 bits per heavy atom. The largest absolute Gasteiger partial charge is 0.395 e. The van der Waals surface area contributed by atoms with E-state index in [4.69, 9.17) is 0 Å². The zero-order valence-electron chi connectivity index (χ0n) is 12.7. The molecule has 0 unspecified atom stereocenters. The minimum absolute atomic E-state index is 0.0643. The van der Waals surface area contributed by atoms with Gasteiger partial charge in [0.25, 0.3) is 0 Å². The number of pyridine rings is 1. The summed E-state index contributed by atoms with van der Waals surface area (Å²) in [6.45, 7) is 6.69. The normalized spacial score (nSPS) is 12.0. The number of rotatable bonds is 2. The van der Waals surface area contributed by atoms with Gasteiger partial charge >= 0.3 is 0 Å². The number of hydrogen-bond acceptors (Lipinski definition) is 5. The molecule has 3 aromatic heterocycles. The number of aromatic nitrogens is 6. The van der Waals surface area contributed by atoms with E-state index < -0.39 is 0 Å². The van der Waals surface area contributed by atoms with Crippen LogP contribution in [0, 0.1) is 20.8 Å². The Morgan fingerprint density at radius 1 is 1.18 bits per heavy atom. The number of aryl methyl sites for hydroxylation is 3. The highest BCUT2D eigenvalue weighted by atomic mass is 16.3. The van der Waals surface area contributed by atoms with Crippen LogP contribution in [0.3, 0.4) is 0 Å². The molecule has 0 spiro atoms. The van der Waals surface area contributed by atoms with E-state index in [0.717, 1.165) is 27.8 Å². The molecule has 0 bridgehead atoms. The smallest absolute Gasteiger partial charge is 0.207 e. The second-order valence-corrected chi connectivity index (χ2v) is 5.55. The highest BCUT2D eigenvalue weighted by Gasteiger charge is 2.19. The second-order valence-electron chi connectivity index (χ2n) is 5.55. The molecule has 0 aliphatic carbocycles. The summed E-state index contributed by atoms with van der Waals surface area (Å²) < 4.78 is 3.78. The van der Waals surface area contributed by atoms with Crippen LogP contribution in [0.15, 0.2) is 12.1 Å². The molecule has 0 amide bonds. The van der Waals surface area contributed by atoms with Crippen LogP contribution < -0.4 is 0 Å². The van der Waals surface area contributed by atoms with Gasteiger partial charge < -0.3 is 9.67 Å². The van der Waals surface area contributed by atoms with E-state index in [-0.39, 0.29) is 6.61 Å². The SMILES string of the molecule is Cc1ccc2c(c1C)c1c(nc(C)n1CCO)c1nnnn21. The minimum atomic E-state index is 0.0643. The molecule has 4 rings (SSSR count). The predicted octanol–water partition coefficient (Wildman–Crippen LogP) is 1.54. The molecule has 4 aromatic rings. The number of aliphatic hydroxyl groups excluding tert-OH is 1. The van der Waals surface area contributed by atoms with Gasteiger partial charge in [-0.25, -0.2) is 4.98 Å². The number of aliphatic hydroxyl groups is 1. The second kappa shape index (κ2) is 4.48. The number of fused-ring (bicyclic) bond motifs is 6. The third kappa shape index (κ3) is 1.54. The molecular weight excluding hydrogens is 280 g/mol. The fourth-order valence-electron chi connectivity index (χ4n) is 3.12. The monoisotopic (exact) mass is 296 g/mol. The van der Waals surface area contributed by atoms with Gasteiger partial charge in [-0.05, 0) is 48.4 Å². The fraction of sp³-hybridized carbons (Fsp3) is 0.333. The lowest BCUT2D eigenvalue weighted by Crippen LogP contribution is -2.05. The zero-order valence-corrected chi connectivity index (χ0v) is 12.7. The maximum Gasteiger partial charge on any atom is 0.207 e. The maximum absolute atomic E-state index is 9.40. The maximum atomic E-state index is 9.40. The number of benzene rings is 1. The van der Waals surface area contributed by atoms with Gasteiger partial charge in [0.15, 0.2) is 0 Å². The number of hydrogen-bond donors (Lipinski definition) is 1. The van der Waals surface area contributed by atoms with Crippen LogP contribution in [0.5, 0.6) is 0 Å². The number of tetrazole rings is 1. The first kappa shape index (κ1) is 13.1. The van der Waals surface area contributed by atoms with Crippen molar-refractivity contribution in [2.24, 2.45) is 0 Å². The van der Waals surface area contributed by atoms with Crippen LogP contribution in [0.1, 0.15) is 17.0 Å². The molecule has 0 saturated heterocycles. The molecule has 0 atom stereocenters. The molecule has 0 radical (unpaired) electrons. The molecular formula is C15H16N6O. The van der Waals surface area contributed by atoms with Crippen molar-refractivity contribution in [3.05, 3.63) is 29.1 Å². The minimum Gasteiger partial charge on any atom is -0.395 e. The van der Waals surface area contributed by atoms with E-state index in [1.807, 2.05) is 17.6 Å². The van der Waals surface area contributed by atoms with Crippen molar-refractivity contribution in [2.75, 3.05) is 6.61 Å². The summed E-state index contributed by atoms with van der Waals surface area (Å²) in [4.78, 5) is 4.64. The van der Waals surface area contributed by atoms with E-state index in [1.54, 1.807) is 4.52 Å². The van der Waals surface area contributed by atoms with Gasteiger partial charge in [0.2, 0.25) is 5.65 Å². The molecule has 112 valence electrons. The third-order valence-corrected chi connectivity index (χ3v) is 4.34. The van der Waals surface area contributed by atoms with Gasteiger partial charge in [-0.3, -0.25) is 0 Å². The Labute approximate surface area is 126 Å². The molecule has 0 fully saturated rings. The molecule has 0 aliphatic rings. The van der Waals surface area contributed by atoms with Gasteiger partial charge in [-0.15, -0.1) is 5.10 Å². The Bertz CT molecular complexity index is 1030. The summed E-state index contributed by atoms with van der Waals surface area (Å²) in [7, 11) is 0. The van der Waals surface area contributed by atoms with E-state index in [2.05, 4.69) is 40.4 Å². The van der Waals surface area contributed by atoms with Crippen molar-refractivity contribution in [3.8, 4) is 0 Å². The van der Waals surface area contributed by atoms with Crippen molar-refractivity contribution in [3.63, 3.8) is 0 Å². The van der Waals surface area contributed by atoms with Gasteiger partial charge in [0.1, 0.15) is 11.3 Å². The van der Waals surface area contributed by atoms with Crippen molar-refractivity contribution < 1.29 is 5.11 Å². The highest BCUT2D eigenvalue weighted by Crippen LogP contribution is 2.32. The quantitative estimate of drug-likeness (QED) is 0.607. The van der Waals surface area contributed by atoms with Crippen LogP contribution in [-0.2, 0) is 6.54 Å². The molecule has 1 N–H and O–H groups in total. The van der Waals surface area contributed by atoms with Crippen molar-refractivity contribution in [2.45, 2.75) is 27.3 Å². The first-order valence-corrected chi connectivity index (χ1v) is 7.21. The van der Waals surface area contributed by atoms with E-state index in [1.165, 1.54) is 11.1 Å². The van der Waals surface area contributed by atoms with Gasteiger partial charge in [-0.1, -0.05) is 6.07 Å². The van der Waals surface area contributed by atoms with E-state index >= 15 is 0 Å². The van der Waals surface area contributed by atoms with Gasteiger partial charge in [-0.2, -0.15) is 4.52 Å². The van der Waals surface area contributed by atoms with E-state index in [9.17, 15) is 5.11 Å². The predicted molar refractivity (Wildman–Crippen MR) is 82.9 cm³/mol. The lowest BCUT2D eigenvalue weighted by molar-refractivity contribution is 0.276. The Balaban J connectivity index is 2.37. The van der Waals surface area contributed by atoms with Gasteiger partial charge in [0, 0.05) is 11.9 Å². The summed E-state index contributed by atoms with van der Waals surface area (Å²) in [5.74, 6) is 0.849. The summed E-state index contributed by atoms with van der Waals surface area (Å²) in [5, 5.41) is 22.5. The Kier molecular flexibility index (Phi) is 2.67. The van der Waals surface area contributed by atoms with Crippen LogP contribution in [-0.4, -0.2) is 41.3 Å². The summed E-state index contributed by atoms with van der Waals surface area (Å²) >= 11 is 0. The summed E-state index contributed by atoms with van der Waals surface area (Å²) in [5.41, 5.74) is 5.75. The van der Waals surface area contributed by atoms with Crippen LogP contribution >= 0.6 is 0 Å². The lowest BCUT2D eigenvalue weighted by Gasteiger charge is -2.11. The first-order valence-electron chi connectivity index (χ1n) is 7.21. The molecule has 7 nitrogen and oxygen atoms in total. The van der Waals surface area contributed by atoms with Gasteiger partial charge in [0.05, 0.1) is 17.6 Å². The van der Waals surface area contributed by atoms with Crippen molar-refractivity contribution >= 4 is 27.6 Å².